The fourth-order valence-corrected chi connectivity index (χ4v) is 2.69. The van der Waals surface area contributed by atoms with E-state index in [9.17, 15) is 4.79 Å². The summed E-state index contributed by atoms with van der Waals surface area (Å²) in [5.74, 6) is 0. The summed E-state index contributed by atoms with van der Waals surface area (Å²) >= 11 is 0. The Hall–Kier alpha value is -3.47. The SMILES string of the molecule is O=C(Nc1ccccc1)Nc1cc2cccnc2c2ncccc12. The molecular weight excluding hydrogens is 300 g/mol. The van der Waals surface area contributed by atoms with Gasteiger partial charge in [-0.05, 0) is 36.4 Å². The largest absolute Gasteiger partial charge is 0.323 e. The molecule has 0 unspecified atom stereocenters. The second kappa shape index (κ2) is 5.96. The van der Waals surface area contributed by atoms with Crippen LogP contribution in [0.5, 0.6) is 0 Å². The van der Waals surface area contributed by atoms with Gasteiger partial charge in [-0.2, -0.15) is 0 Å². The highest BCUT2D eigenvalue weighted by molar-refractivity contribution is 6.13. The van der Waals surface area contributed by atoms with Crippen LogP contribution in [0.4, 0.5) is 16.2 Å². The monoisotopic (exact) mass is 314 g/mol. The maximum Gasteiger partial charge on any atom is 0.323 e. The van der Waals surface area contributed by atoms with E-state index in [1.54, 1.807) is 12.4 Å². The van der Waals surface area contributed by atoms with Crippen molar-refractivity contribution in [3.05, 3.63) is 73.1 Å². The number of hydrogen-bond acceptors (Lipinski definition) is 3. The summed E-state index contributed by atoms with van der Waals surface area (Å²) in [6.45, 7) is 0. The number of urea groups is 1. The van der Waals surface area contributed by atoms with E-state index in [-0.39, 0.29) is 6.03 Å². The Bertz CT molecular complexity index is 1030. The zero-order valence-electron chi connectivity index (χ0n) is 12.7. The molecule has 2 amide bonds. The third-order valence-corrected chi connectivity index (χ3v) is 3.74. The van der Waals surface area contributed by atoms with Crippen molar-refractivity contribution in [2.24, 2.45) is 0 Å². The molecule has 116 valence electrons. The van der Waals surface area contributed by atoms with Crippen LogP contribution in [0.1, 0.15) is 0 Å². The summed E-state index contributed by atoms with van der Waals surface area (Å²) in [4.78, 5) is 21.1. The number of anilines is 2. The van der Waals surface area contributed by atoms with E-state index < -0.39 is 0 Å². The number of amides is 2. The first-order valence-corrected chi connectivity index (χ1v) is 7.57. The lowest BCUT2D eigenvalue weighted by Gasteiger charge is -2.11. The third kappa shape index (κ3) is 2.63. The Balaban J connectivity index is 1.74. The second-order valence-electron chi connectivity index (χ2n) is 5.34. The normalized spacial score (nSPS) is 10.7. The smallest absolute Gasteiger partial charge is 0.308 e. The Labute approximate surface area is 138 Å². The van der Waals surface area contributed by atoms with Gasteiger partial charge in [0.25, 0.3) is 0 Å². The summed E-state index contributed by atoms with van der Waals surface area (Å²) in [7, 11) is 0. The highest BCUT2D eigenvalue weighted by atomic mass is 16.2. The summed E-state index contributed by atoms with van der Waals surface area (Å²) in [6, 6.07) is 18.5. The zero-order valence-corrected chi connectivity index (χ0v) is 12.7. The Morgan fingerprint density at radius 3 is 2.38 bits per heavy atom. The minimum absolute atomic E-state index is 0.297. The van der Waals surface area contributed by atoms with Crippen LogP contribution in [0.25, 0.3) is 21.8 Å². The fraction of sp³-hybridized carbons (Fsp3) is 0. The number of rotatable bonds is 2. The van der Waals surface area contributed by atoms with Crippen molar-refractivity contribution in [3.8, 4) is 0 Å². The van der Waals surface area contributed by atoms with Crippen LogP contribution in [-0.4, -0.2) is 16.0 Å². The van der Waals surface area contributed by atoms with Crippen LogP contribution in [0.3, 0.4) is 0 Å². The van der Waals surface area contributed by atoms with Crippen molar-refractivity contribution < 1.29 is 4.79 Å². The zero-order chi connectivity index (χ0) is 16.4. The number of aromatic nitrogens is 2. The van der Waals surface area contributed by atoms with Gasteiger partial charge in [0.2, 0.25) is 0 Å². The van der Waals surface area contributed by atoms with Gasteiger partial charge < -0.3 is 10.6 Å². The summed E-state index contributed by atoms with van der Waals surface area (Å²) in [6.07, 6.45) is 3.47. The molecule has 0 spiro atoms. The maximum atomic E-state index is 12.3. The number of hydrogen-bond donors (Lipinski definition) is 2. The Morgan fingerprint density at radius 1 is 0.792 bits per heavy atom. The van der Waals surface area contributed by atoms with Crippen LogP contribution in [-0.2, 0) is 0 Å². The molecule has 5 heteroatoms. The molecule has 4 aromatic rings. The molecule has 4 rings (SSSR count). The molecule has 0 radical (unpaired) electrons. The van der Waals surface area contributed by atoms with E-state index in [4.69, 9.17) is 0 Å². The lowest BCUT2D eigenvalue weighted by Crippen LogP contribution is -2.19. The number of carbonyl (C=O) groups is 1. The molecule has 0 saturated heterocycles. The topological polar surface area (TPSA) is 66.9 Å². The first-order valence-electron chi connectivity index (χ1n) is 7.57. The molecule has 0 saturated carbocycles. The van der Waals surface area contributed by atoms with Gasteiger partial charge in [-0.25, -0.2) is 4.79 Å². The molecule has 0 fully saturated rings. The highest BCUT2D eigenvalue weighted by Crippen LogP contribution is 2.29. The van der Waals surface area contributed by atoms with Crippen molar-refractivity contribution in [3.63, 3.8) is 0 Å². The van der Waals surface area contributed by atoms with E-state index in [2.05, 4.69) is 20.6 Å². The van der Waals surface area contributed by atoms with Crippen molar-refractivity contribution in [1.29, 1.82) is 0 Å². The fourth-order valence-electron chi connectivity index (χ4n) is 2.69. The van der Waals surface area contributed by atoms with Gasteiger partial charge >= 0.3 is 6.03 Å². The second-order valence-corrected chi connectivity index (χ2v) is 5.34. The molecule has 2 aromatic heterocycles. The predicted octanol–water partition coefficient (Wildman–Crippen LogP) is 4.43. The first-order chi connectivity index (χ1) is 11.8. The summed E-state index contributed by atoms with van der Waals surface area (Å²) in [5, 5.41) is 7.51. The number of nitrogens with zero attached hydrogens (tertiary/aromatic N) is 2. The molecule has 24 heavy (non-hydrogen) atoms. The lowest BCUT2D eigenvalue weighted by atomic mass is 10.1. The standard InChI is InChI=1S/C19H14N4O/c24-19(22-14-7-2-1-3-8-14)23-16-12-13-6-4-10-20-17(13)18-15(16)9-5-11-21-18/h1-12H,(H2,22,23,24). The lowest BCUT2D eigenvalue weighted by molar-refractivity contribution is 0.262. The molecule has 0 aliphatic heterocycles. The number of fused-ring (bicyclic) bond motifs is 3. The molecule has 2 heterocycles. The molecule has 0 atom stereocenters. The molecule has 0 aliphatic rings. The van der Waals surface area contributed by atoms with Crippen LogP contribution < -0.4 is 10.6 Å². The summed E-state index contributed by atoms with van der Waals surface area (Å²) < 4.78 is 0. The van der Waals surface area contributed by atoms with Crippen LogP contribution in [0.15, 0.2) is 73.1 Å². The van der Waals surface area contributed by atoms with Crippen molar-refractivity contribution >= 4 is 39.2 Å². The van der Waals surface area contributed by atoms with Crippen molar-refractivity contribution in [1.82, 2.24) is 9.97 Å². The number of carbonyl (C=O) groups excluding carboxylic acids is 1. The average molecular weight is 314 g/mol. The van der Waals surface area contributed by atoms with Gasteiger partial charge in [0.15, 0.2) is 0 Å². The third-order valence-electron chi connectivity index (χ3n) is 3.74. The molecule has 0 aliphatic carbocycles. The van der Waals surface area contributed by atoms with Gasteiger partial charge in [0.05, 0.1) is 16.7 Å². The van der Waals surface area contributed by atoms with Gasteiger partial charge in [0.1, 0.15) is 0 Å². The van der Waals surface area contributed by atoms with E-state index in [1.807, 2.05) is 60.7 Å². The number of benzene rings is 2. The first kappa shape index (κ1) is 14.1. The number of pyridine rings is 2. The van der Waals surface area contributed by atoms with Crippen molar-refractivity contribution in [2.45, 2.75) is 0 Å². The molecule has 2 aromatic carbocycles. The summed E-state index contributed by atoms with van der Waals surface area (Å²) in [5.41, 5.74) is 3.03. The Kier molecular flexibility index (Phi) is 3.51. The number of para-hydroxylation sites is 1. The van der Waals surface area contributed by atoms with E-state index >= 15 is 0 Å². The Morgan fingerprint density at radius 2 is 1.54 bits per heavy atom. The molecule has 5 nitrogen and oxygen atoms in total. The van der Waals surface area contributed by atoms with Gasteiger partial charge in [-0.3, -0.25) is 9.97 Å². The molecule has 0 bridgehead atoms. The van der Waals surface area contributed by atoms with Crippen LogP contribution >= 0.6 is 0 Å². The average Bonchev–Trinajstić information content (AvgIpc) is 2.63. The highest BCUT2D eigenvalue weighted by Gasteiger charge is 2.10. The van der Waals surface area contributed by atoms with E-state index in [0.29, 0.717) is 5.69 Å². The van der Waals surface area contributed by atoms with E-state index in [0.717, 1.165) is 27.5 Å². The van der Waals surface area contributed by atoms with Crippen LogP contribution in [0, 0.1) is 0 Å². The maximum absolute atomic E-state index is 12.3. The number of nitrogens with one attached hydrogen (secondary N) is 2. The van der Waals surface area contributed by atoms with Gasteiger partial charge in [-0.15, -0.1) is 0 Å². The van der Waals surface area contributed by atoms with Crippen LogP contribution in [0.2, 0.25) is 0 Å². The minimum Gasteiger partial charge on any atom is -0.308 e. The van der Waals surface area contributed by atoms with Crippen molar-refractivity contribution in [2.75, 3.05) is 10.6 Å². The predicted molar refractivity (Wildman–Crippen MR) is 96.1 cm³/mol. The van der Waals surface area contributed by atoms with Gasteiger partial charge in [0, 0.05) is 28.9 Å². The molecular formula is C19H14N4O. The quantitative estimate of drug-likeness (QED) is 0.538. The van der Waals surface area contributed by atoms with Gasteiger partial charge in [-0.1, -0.05) is 24.3 Å². The molecule has 2 N–H and O–H groups in total. The van der Waals surface area contributed by atoms with E-state index in [1.165, 1.54) is 0 Å². The minimum atomic E-state index is -0.297.